The Morgan fingerprint density at radius 1 is 1.17 bits per heavy atom. The molecule has 0 saturated carbocycles. The third kappa shape index (κ3) is 6.45. The van der Waals surface area contributed by atoms with Gasteiger partial charge in [0.1, 0.15) is 12.4 Å². The van der Waals surface area contributed by atoms with Crippen molar-refractivity contribution in [3.8, 4) is 5.75 Å². The Hall–Kier alpha value is -1.28. The van der Waals surface area contributed by atoms with Crippen LogP contribution in [0, 0.1) is 0 Å². The topological polar surface area (TPSA) is 21.3 Å². The van der Waals surface area contributed by atoms with Gasteiger partial charge in [-0.2, -0.15) is 0 Å². The van der Waals surface area contributed by atoms with Gasteiger partial charge in [0.2, 0.25) is 0 Å². The van der Waals surface area contributed by atoms with E-state index in [1.165, 1.54) is 31.2 Å². The summed E-state index contributed by atoms with van der Waals surface area (Å²) in [5.41, 5.74) is 1.30. The summed E-state index contributed by atoms with van der Waals surface area (Å²) in [5, 5.41) is 3.47. The summed E-state index contributed by atoms with van der Waals surface area (Å²) in [6, 6.07) is 8.24. The zero-order chi connectivity index (χ0) is 13.1. The van der Waals surface area contributed by atoms with Gasteiger partial charge in [-0.3, -0.25) is 0 Å². The Kier molecular flexibility index (Phi) is 7.98. The SMILES string of the molecule is C=CCOc1ccc(CNCCCCCC)cc1. The van der Waals surface area contributed by atoms with Crippen molar-refractivity contribution < 1.29 is 4.74 Å². The van der Waals surface area contributed by atoms with Crippen LogP contribution in [0.25, 0.3) is 0 Å². The molecule has 18 heavy (non-hydrogen) atoms. The summed E-state index contributed by atoms with van der Waals surface area (Å²) in [4.78, 5) is 0. The van der Waals surface area contributed by atoms with Crippen LogP contribution in [-0.4, -0.2) is 13.2 Å². The third-order valence-corrected chi connectivity index (χ3v) is 2.83. The van der Waals surface area contributed by atoms with E-state index in [0.29, 0.717) is 6.61 Å². The highest BCUT2D eigenvalue weighted by Crippen LogP contribution is 2.12. The average molecular weight is 247 g/mol. The Morgan fingerprint density at radius 2 is 1.94 bits per heavy atom. The molecule has 0 aromatic heterocycles. The van der Waals surface area contributed by atoms with Gasteiger partial charge in [-0.05, 0) is 30.7 Å². The lowest BCUT2D eigenvalue weighted by atomic mass is 10.2. The number of benzene rings is 1. The third-order valence-electron chi connectivity index (χ3n) is 2.83. The van der Waals surface area contributed by atoms with E-state index in [0.717, 1.165) is 18.8 Å². The minimum absolute atomic E-state index is 0.565. The van der Waals surface area contributed by atoms with E-state index in [4.69, 9.17) is 4.74 Å². The van der Waals surface area contributed by atoms with E-state index in [9.17, 15) is 0 Å². The normalized spacial score (nSPS) is 10.3. The highest BCUT2D eigenvalue weighted by molar-refractivity contribution is 5.27. The molecule has 0 aliphatic rings. The highest BCUT2D eigenvalue weighted by atomic mass is 16.5. The fraction of sp³-hybridized carbons (Fsp3) is 0.500. The monoisotopic (exact) mass is 247 g/mol. The van der Waals surface area contributed by atoms with Crippen LogP contribution in [-0.2, 0) is 6.54 Å². The van der Waals surface area contributed by atoms with Crippen LogP contribution in [0.4, 0.5) is 0 Å². The molecular formula is C16H25NO. The van der Waals surface area contributed by atoms with Gasteiger partial charge < -0.3 is 10.1 Å². The van der Waals surface area contributed by atoms with Gasteiger partial charge >= 0.3 is 0 Å². The zero-order valence-corrected chi connectivity index (χ0v) is 11.5. The molecule has 0 radical (unpaired) electrons. The van der Waals surface area contributed by atoms with Crippen LogP contribution < -0.4 is 10.1 Å². The van der Waals surface area contributed by atoms with Crippen molar-refractivity contribution in [2.24, 2.45) is 0 Å². The van der Waals surface area contributed by atoms with Gasteiger partial charge in [-0.15, -0.1) is 0 Å². The molecule has 2 heteroatoms. The molecular weight excluding hydrogens is 222 g/mol. The molecule has 0 fully saturated rings. The highest BCUT2D eigenvalue weighted by Gasteiger charge is 1.95. The summed E-state index contributed by atoms with van der Waals surface area (Å²) < 4.78 is 5.44. The largest absolute Gasteiger partial charge is 0.490 e. The Morgan fingerprint density at radius 3 is 2.61 bits per heavy atom. The fourth-order valence-corrected chi connectivity index (χ4v) is 1.77. The molecule has 100 valence electrons. The maximum atomic E-state index is 5.44. The number of hydrogen-bond donors (Lipinski definition) is 1. The molecule has 0 spiro atoms. The summed E-state index contributed by atoms with van der Waals surface area (Å²) in [6.07, 6.45) is 7.00. The lowest BCUT2D eigenvalue weighted by Gasteiger charge is -2.06. The Labute approximate surface area is 111 Å². The molecule has 0 atom stereocenters. The van der Waals surface area contributed by atoms with Gasteiger partial charge in [0.05, 0.1) is 0 Å². The fourth-order valence-electron chi connectivity index (χ4n) is 1.77. The van der Waals surface area contributed by atoms with E-state index in [-0.39, 0.29) is 0 Å². The predicted molar refractivity (Wildman–Crippen MR) is 78.0 cm³/mol. The Bertz CT molecular complexity index is 318. The van der Waals surface area contributed by atoms with E-state index < -0.39 is 0 Å². The van der Waals surface area contributed by atoms with Crippen LogP contribution in [0.3, 0.4) is 0 Å². The second-order valence-corrected chi connectivity index (χ2v) is 4.48. The molecule has 0 aliphatic heterocycles. The maximum absolute atomic E-state index is 5.44. The number of unbranched alkanes of at least 4 members (excludes halogenated alkanes) is 3. The molecule has 0 bridgehead atoms. The molecule has 1 aromatic rings. The molecule has 0 heterocycles. The van der Waals surface area contributed by atoms with Crippen molar-refractivity contribution in [3.05, 3.63) is 42.5 Å². The average Bonchev–Trinajstić information content (AvgIpc) is 2.42. The van der Waals surface area contributed by atoms with Crippen molar-refractivity contribution in [2.75, 3.05) is 13.2 Å². The predicted octanol–water partition coefficient (Wildman–Crippen LogP) is 3.92. The molecule has 0 aliphatic carbocycles. The summed E-state index contributed by atoms with van der Waals surface area (Å²) in [6.45, 7) is 8.48. The van der Waals surface area contributed by atoms with Crippen molar-refractivity contribution in [1.29, 1.82) is 0 Å². The van der Waals surface area contributed by atoms with Crippen molar-refractivity contribution in [1.82, 2.24) is 5.32 Å². The number of nitrogens with one attached hydrogen (secondary N) is 1. The first-order chi connectivity index (χ1) is 8.86. The van der Waals surface area contributed by atoms with Gasteiger partial charge in [0, 0.05) is 6.54 Å². The molecule has 0 amide bonds. The second-order valence-electron chi connectivity index (χ2n) is 4.48. The van der Waals surface area contributed by atoms with Gasteiger partial charge in [-0.25, -0.2) is 0 Å². The van der Waals surface area contributed by atoms with Crippen molar-refractivity contribution in [3.63, 3.8) is 0 Å². The minimum Gasteiger partial charge on any atom is -0.490 e. The number of hydrogen-bond acceptors (Lipinski definition) is 2. The molecule has 2 nitrogen and oxygen atoms in total. The molecule has 1 N–H and O–H groups in total. The summed E-state index contributed by atoms with van der Waals surface area (Å²) in [5.74, 6) is 0.904. The first-order valence-corrected chi connectivity index (χ1v) is 6.90. The van der Waals surface area contributed by atoms with Gasteiger partial charge in [0.15, 0.2) is 0 Å². The second kappa shape index (κ2) is 9.72. The lowest BCUT2D eigenvalue weighted by Crippen LogP contribution is -2.14. The molecule has 0 unspecified atom stereocenters. The Balaban J connectivity index is 2.16. The van der Waals surface area contributed by atoms with Crippen LogP contribution in [0.5, 0.6) is 5.75 Å². The number of ether oxygens (including phenoxy) is 1. The van der Waals surface area contributed by atoms with Gasteiger partial charge in [-0.1, -0.05) is 51.0 Å². The van der Waals surface area contributed by atoms with E-state index in [1.807, 2.05) is 12.1 Å². The molecule has 0 saturated heterocycles. The lowest BCUT2D eigenvalue weighted by molar-refractivity contribution is 0.363. The maximum Gasteiger partial charge on any atom is 0.119 e. The van der Waals surface area contributed by atoms with E-state index in [2.05, 4.69) is 31.0 Å². The summed E-state index contributed by atoms with van der Waals surface area (Å²) >= 11 is 0. The van der Waals surface area contributed by atoms with Crippen molar-refractivity contribution >= 4 is 0 Å². The molecule has 1 aromatic carbocycles. The number of rotatable bonds is 10. The molecule has 1 rings (SSSR count). The van der Waals surface area contributed by atoms with Crippen LogP contribution in [0.15, 0.2) is 36.9 Å². The van der Waals surface area contributed by atoms with Crippen LogP contribution in [0.2, 0.25) is 0 Å². The van der Waals surface area contributed by atoms with Gasteiger partial charge in [0.25, 0.3) is 0 Å². The summed E-state index contributed by atoms with van der Waals surface area (Å²) in [7, 11) is 0. The van der Waals surface area contributed by atoms with E-state index >= 15 is 0 Å². The first-order valence-electron chi connectivity index (χ1n) is 6.90. The minimum atomic E-state index is 0.565. The smallest absolute Gasteiger partial charge is 0.119 e. The van der Waals surface area contributed by atoms with Crippen LogP contribution in [0.1, 0.15) is 38.2 Å². The van der Waals surface area contributed by atoms with Crippen molar-refractivity contribution in [2.45, 2.75) is 39.2 Å². The zero-order valence-electron chi connectivity index (χ0n) is 11.5. The van der Waals surface area contributed by atoms with Crippen LogP contribution >= 0.6 is 0 Å². The standard InChI is InChI=1S/C16H25NO/c1-3-5-6-7-12-17-14-15-8-10-16(11-9-15)18-13-4-2/h4,8-11,17H,2-3,5-7,12-14H2,1H3. The quantitative estimate of drug-likeness (QED) is 0.500. The first kappa shape index (κ1) is 14.8. The van der Waals surface area contributed by atoms with E-state index in [1.54, 1.807) is 6.08 Å².